The summed E-state index contributed by atoms with van der Waals surface area (Å²) in [5.41, 5.74) is 2.14. The standard InChI is InChI=1S/C24H32N2O2/c1-17-25-21(23(28)26(17)16-19-13-9-6-10-14-19)22(27)20(24(2,3)4)15-18-11-7-5-8-12-18/h5-14,17,20-22,25,27H,15-16H2,1-4H3/t17?,20?,21-,22+/m0/s1. The lowest BCUT2D eigenvalue weighted by Crippen LogP contribution is -2.49. The number of rotatable bonds is 6. The molecule has 2 aromatic rings. The van der Waals surface area contributed by atoms with E-state index in [9.17, 15) is 9.90 Å². The number of hydrogen-bond acceptors (Lipinski definition) is 3. The van der Waals surface area contributed by atoms with Gasteiger partial charge in [-0.15, -0.1) is 0 Å². The highest BCUT2D eigenvalue weighted by Gasteiger charge is 2.45. The topological polar surface area (TPSA) is 52.6 Å². The van der Waals surface area contributed by atoms with Crippen LogP contribution in [0.2, 0.25) is 0 Å². The third-order valence-electron chi connectivity index (χ3n) is 5.80. The van der Waals surface area contributed by atoms with Crippen molar-refractivity contribution >= 4 is 5.91 Å². The van der Waals surface area contributed by atoms with Crippen molar-refractivity contribution in [2.24, 2.45) is 11.3 Å². The van der Waals surface area contributed by atoms with E-state index in [1.165, 1.54) is 5.56 Å². The third kappa shape index (κ3) is 4.62. The second-order valence-corrected chi connectivity index (χ2v) is 8.92. The largest absolute Gasteiger partial charge is 0.391 e. The first kappa shape index (κ1) is 20.6. The summed E-state index contributed by atoms with van der Waals surface area (Å²) in [6.45, 7) is 8.93. The van der Waals surface area contributed by atoms with E-state index in [0.717, 1.165) is 12.0 Å². The maximum absolute atomic E-state index is 13.1. The Labute approximate surface area is 168 Å². The predicted octanol–water partition coefficient (Wildman–Crippen LogP) is 3.60. The van der Waals surface area contributed by atoms with Gasteiger partial charge in [0.25, 0.3) is 0 Å². The first-order valence-corrected chi connectivity index (χ1v) is 10.1. The van der Waals surface area contributed by atoms with Crippen LogP contribution in [-0.2, 0) is 17.8 Å². The van der Waals surface area contributed by atoms with Gasteiger partial charge in [-0.2, -0.15) is 0 Å². The zero-order valence-corrected chi connectivity index (χ0v) is 17.3. The highest BCUT2D eigenvalue weighted by Crippen LogP contribution is 2.34. The fourth-order valence-corrected chi connectivity index (χ4v) is 4.07. The Balaban J connectivity index is 1.77. The van der Waals surface area contributed by atoms with Crippen LogP contribution in [0.1, 0.15) is 38.8 Å². The molecule has 1 aliphatic rings. The molecule has 2 aromatic carbocycles. The normalized spacial score (nSPS) is 22.3. The van der Waals surface area contributed by atoms with Gasteiger partial charge in [-0.05, 0) is 35.8 Å². The average Bonchev–Trinajstić information content (AvgIpc) is 2.95. The summed E-state index contributed by atoms with van der Waals surface area (Å²) in [5.74, 6) is -0.0635. The molecule has 0 spiro atoms. The second kappa shape index (κ2) is 8.46. The van der Waals surface area contributed by atoms with Gasteiger partial charge in [0.2, 0.25) is 5.91 Å². The summed E-state index contributed by atoms with van der Waals surface area (Å²) in [6, 6.07) is 19.6. The molecule has 2 N–H and O–H groups in total. The van der Waals surface area contributed by atoms with Crippen molar-refractivity contribution in [1.82, 2.24) is 10.2 Å². The average molecular weight is 381 g/mol. The Morgan fingerprint density at radius 2 is 1.54 bits per heavy atom. The molecule has 0 saturated carbocycles. The van der Waals surface area contributed by atoms with Crippen LogP contribution in [0.3, 0.4) is 0 Å². The van der Waals surface area contributed by atoms with Crippen molar-refractivity contribution in [3.8, 4) is 0 Å². The monoisotopic (exact) mass is 380 g/mol. The number of amides is 1. The van der Waals surface area contributed by atoms with Crippen LogP contribution in [-0.4, -0.2) is 34.2 Å². The van der Waals surface area contributed by atoms with Gasteiger partial charge in [-0.25, -0.2) is 0 Å². The number of aliphatic hydroxyl groups excluding tert-OH is 1. The number of aliphatic hydroxyl groups is 1. The van der Waals surface area contributed by atoms with Crippen LogP contribution in [0.25, 0.3) is 0 Å². The molecule has 1 saturated heterocycles. The number of carbonyl (C=O) groups is 1. The molecular weight excluding hydrogens is 348 g/mol. The number of benzene rings is 2. The summed E-state index contributed by atoms with van der Waals surface area (Å²) >= 11 is 0. The summed E-state index contributed by atoms with van der Waals surface area (Å²) in [7, 11) is 0. The molecule has 0 bridgehead atoms. The van der Waals surface area contributed by atoms with Crippen molar-refractivity contribution in [2.45, 2.75) is 59.0 Å². The van der Waals surface area contributed by atoms with Gasteiger partial charge in [0.15, 0.2) is 0 Å². The Morgan fingerprint density at radius 3 is 2.07 bits per heavy atom. The molecule has 1 aliphatic heterocycles. The molecule has 4 atom stereocenters. The van der Waals surface area contributed by atoms with Gasteiger partial charge < -0.3 is 10.0 Å². The van der Waals surface area contributed by atoms with Gasteiger partial charge >= 0.3 is 0 Å². The molecule has 4 heteroatoms. The fourth-order valence-electron chi connectivity index (χ4n) is 4.07. The lowest BCUT2D eigenvalue weighted by Gasteiger charge is -2.36. The number of nitrogens with one attached hydrogen (secondary N) is 1. The van der Waals surface area contributed by atoms with Crippen molar-refractivity contribution in [1.29, 1.82) is 0 Å². The highest BCUT2D eigenvalue weighted by molar-refractivity contribution is 5.85. The molecule has 0 aliphatic carbocycles. The summed E-state index contributed by atoms with van der Waals surface area (Å²) in [6.07, 6.45) is -0.120. The van der Waals surface area contributed by atoms with Gasteiger partial charge in [0, 0.05) is 6.54 Å². The smallest absolute Gasteiger partial charge is 0.244 e. The van der Waals surface area contributed by atoms with E-state index in [4.69, 9.17) is 0 Å². The number of hydrogen-bond donors (Lipinski definition) is 2. The number of nitrogens with zero attached hydrogens (tertiary/aromatic N) is 1. The van der Waals surface area contributed by atoms with Crippen LogP contribution in [0.5, 0.6) is 0 Å². The van der Waals surface area contributed by atoms with Crippen molar-refractivity contribution < 1.29 is 9.90 Å². The Kier molecular flexibility index (Phi) is 6.21. The molecule has 0 radical (unpaired) electrons. The van der Waals surface area contributed by atoms with Crippen LogP contribution >= 0.6 is 0 Å². The minimum atomic E-state index is -0.754. The van der Waals surface area contributed by atoms with Crippen molar-refractivity contribution in [2.75, 3.05) is 0 Å². The Morgan fingerprint density at radius 1 is 1.00 bits per heavy atom. The van der Waals surface area contributed by atoms with Crippen LogP contribution in [0.15, 0.2) is 60.7 Å². The maximum Gasteiger partial charge on any atom is 0.244 e. The van der Waals surface area contributed by atoms with Gasteiger partial charge in [0.1, 0.15) is 6.04 Å². The fraction of sp³-hybridized carbons (Fsp3) is 0.458. The Bertz CT molecular complexity index is 770. The molecule has 1 fully saturated rings. The maximum atomic E-state index is 13.1. The van der Waals surface area contributed by atoms with Gasteiger partial charge in [0.05, 0.1) is 12.3 Å². The van der Waals surface area contributed by atoms with Crippen LogP contribution in [0.4, 0.5) is 0 Å². The van der Waals surface area contributed by atoms with Crippen LogP contribution < -0.4 is 5.32 Å². The third-order valence-corrected chi connectivity index (χ3v) is 5.80. The lowest BCUT2D eigenvalue weighted by atomic mass is 9.72. The first-order valence-electron chi connectivity index (χ1n) is 10.1. The SMILES string of the molecule is CC1N[C@@H]([C@H](O)C(Cc2ccccc2)C(C)(C)C)C(=O)N1Cc1ccccc1. The van der Waals surface area contributed by atoms with E-state index in [0.29, 0.717) is 6.54 Å². The molecule has 2 unspecified atom stereocenters. The quantitative estimate of drug-likeness (QED) is 0.805. The van der Waals surface area contributed by atoms with Gasteiger partial charge in [-0.3, -0.25) is 10.1 Å². The summed E-state index contributed by atoms with van der Waals surface area (Å²) in [4.78, 5) is 15.0. The summed E-state index contributed by atoms with van der Waals surface area (Å²) < 4.78 is 0. The molecule has 150 valence electrons. The van der Waals surface area contributed by atoms with Crippen molar-refractivity contribution in [3.05, 3.63) is 71.8 Å². The second-order valence-electron chi connectivity index (χ2n) is 8.92. The lowest BCUT2D eigenvalue weighted by molar-refractivity contribution is -0.133. The van der Waals surface area contributed by atoms with Gasteiger partial charge in [-0.1, -0.05) is 81.4 Å². The zero-order chi connectivity index (χ0) is 20.3. The van der Waals surface area contributed by atoms with E-state index in [2.05, 4.69) is 38.2 Å². The zero-order valence-electron chi connectivity index (χ0n) is 17.3. The van der Waals surface area contributed by atoms with E-state index in [1.807, 2.05) is 60.4 Å². The molecule has 4 nitrogen and oxygen atoms in total. The van der Waals surface area contributed by atoms with Crippen molar-refractivity contribution in [3.63, 3.8) is 0 Å². The van der Waals surface area contributed by atoms with E-state index in [1.54, 1.807) is 0 Å². The van der Waals surface area contributed by atoms with E-state index >= 15 is 0 Å². The first-order chi connectivity index (χ1) is 13.3. The molecule has 0 aromatic heterocycles. The number of carbonyl (C=O) groups excluding carboxylic acids is 1. The van der Waals surface area contributed by atoms with Crippen LogP contribution in [0, 0.1) is 11.3 Å². The molecule has 28 heavy (non-hydrogen) atoms. The molecule has 1 heterocycles. The predicted molar refractivity (Wildman–Crippen MR) is 112 cm³/mol. The van der Waals surface area contributed by atoms with E-state index < -0.39 is 12.1 Å². The molecular formula is C24H32N2O2. The van der Waals surface area contributed by atoms with E-state index in [-0.39, 0.29) is 23.4 Å². The molecule has 3 rings (SSSR count). The summed E-state index contributed by atoms with van der Waals surface area (Å²) in [5, 5.41) is 14.6. The Hall–Kier alpha value is -2.17. The minimum absolute atomic E-state index is 0.0221. The minimum Gasteiger partial charge on any atom is -0.391 e. The molecule has 1 amide bonds. The highest BCUT2D eigenvalue weighted by atomic mass is 16.3.